The second kappa shape index (κ2) is 16.0. The Hall–Kier alpha value is -7.76. The highest BCUT2D eigenvalue weighted by Gasteiger charge is 2.31. The van der Waals surface area contributed by atoms with Crippen molar-refractivity contribution in [2.24, 2.45) is 9.98 Å². The summed E-state index contributed by atoms with van der Waals surface area (Å²) in [5.74, 6) is 1.48. The number of fused-ring (bicyclic) bond motifs is 6. The number of nitrogens with one attached hydrogen (secondary N) is 1. The lowest BCUT2D eigenvalue weighted by Crippen LogP contribution is -2.34. The van der Waals surface area contributed by atoms with Gasteiger partial charge in [-0.2, -0.15) is 0 Å². The minimum atomic E-state index is -0.401. The number of aromatic nitrogens is 2. The first-order valence-electron chi connectivity index (χ1n) is 23.4. The van der Waals surface area contributed by atoms with Crippen LogP contribution in [0.1, 0.15) is 83.2 Å². The predicted molar refractivity (Wildman–Crippen MR) is 276 cm³/mol. The monoisotopic (exact) mass is 853 g/mol. The van der Waals surface area contributed by atoms with Gasteiger partial charge in [0.25, 0.3) is 0 Å². The molecular formula is C61H51N5. The summed E-state index contributed by atoms with van der Waals surface area (Å²) < 4.78 is 5.09. The third kappa shape index (κ3) is 6.68. The minimum absolute atomic E-state index is 0.401. The van der Waals surface area contributed by atoms with Gasteiger partial charge in [0.1, 0.15) is 12.0 Å². The summed E-state index contributed by atoms with van der Waals surface area (Å²) in [7, 11) is 0. The van der Waals surface area contributed by atoms with Crippen LogP contribution in [0.25, 0.3) is 67.6 Å². The topological polar surface area (TPSA) is 46.6 Å². The Balaban J connectivity index is 1.16. The molecule has 0 fully saturated rings. The number of allylic oxidation sites excluding steroid dienone is 2. The molecule has 1 unspecified atom stereocenters. The molecule has 3 aliphatic rings. The third-order valence-electron chi connectivity index (χ3n) is 13.9. The lowest BCUT2D eigenvalue weighted by atomic mass is 9.95. The lowest BCUT2D eigenvalue weighted by molar-refractivity contribution is 0.674. The molecule has 0 spiro atoms. The molecule has 7 aromatic carbocycles. The van der Waals surface area contributed by atoms with E-state index in [-0.39, 0.29) is 0 Å². The van der Waals surface area contributed by atoms with Crippen molar-refractivity contribution >= 4 is 45.6 Å². The summed E-state index contributed by atoms with van der Waals surface area (Å²) in [5, 5.41) is 6.49. The average molecular weight is 854 g/mol. The van der Waals surface area contributed by atoms with Crippen molar-refractivity contribution in [3.63, 3.8) is 0 Å². The van der Waals surface area contributed by atoms with E-state index in [4.69, 9.17) is 9.98 Å². The normalized spacial score (nSPS) is 15.7. The van der Waals surface area contributed by atoms with Gasteiger partial charge < -0.3 is 14.5 Å². The highest BCUT2D eigenvalue weighted by Crippen LogP contribution is 2.43. The molecular weight excluding hydrogens is 803 g/mol. The Bertz CT molecular complexity index is 3520. The fourth-order valence-corrected chi connectivity index (χ4v) is 10.7. The molecule has 5 nitrogen and oxygen atoms in total. The van der Waals surface area contributed by atoms with Gasteiger partial charge in [0.2, 0.25) is 0 Å². The number of para-hydroxylation sites is 2. The van der Waals surface area contributed by atoms with Crippen molar-refractivity contribution in [1.82, 2.24) is 14.5 Å². The van der Waals surface area contributed by atoms with Crippen molar-refractivity contribution in [2.45, 2.75) is 59.5 Å². The van der Waals surface area contributed by atoms with Crippen LogP contribution in [0.4, 0.5) is 0 Å². The van der Waals surface area contributed by atoms with Crippen LogP contribution in [-0.2, 0) is 12.8 Å². The van der Waals surface area contributed by atoms with E-state index in [1.165, 1.54) is 66.6 Å². The van der Waals surface area contributed by atoms with Gasteiger partial charge in [0.15, 0.2) is 5.84 Å². The summed E-state index contributed by atoms with van der Waals surface area (Å²) in [4.78, 5) is 11.4. The Labute approximate surface area is 386 Å². The van der Waals surface area contributed by atoms with E-state index in [2.05, 4.69) is 218 Å². The Morgan fingerprint density at radius 3 is 1.47 bits per heavy atom. The second-order valence-electron chi connectivity index (χ2n) is 18.4. The van der Waals surface area contributed by atoms with E-state index >= 15 is 0 Å². The molecule has 1 atom stereocenters. The highest BCUT2D eigenvalue weighted by molar-refractivity contribution is 6.17. The molecule has 320 valence electrons. The largest absolute Gasteiger partial charge is 0.344 e. The number of hydrogen-bond acceptors (Lipinski definition) is 3. The fourth-order valence-electron chi connectivity index (χ4n) is 10.7. The van der Waals surface area contributed by atoms with E-state index in [1.54, 1.807) is 0 Å². The van der Waals surface area contributed by atoms with E-state index in [0.29, 0.717) is 5.84 Å². The molecule has 5 heteroatoms. The molecule has 0 saturated heterocycles. The van der Waals surface area contributed by atoms with Gasteiger partial charge >= 0.3 is 0 Å². The standard InChI is InChI=1S/C61H51N5/c1-38-26-30-53-49(34-38)50-35-39(2)27-31-54(50)65(53)57-45(42-16-8-5-9-17-42)22-14-24-47(57)60-62-59(44-20-12-7-13-21-44)63-61(64-60)48-25-15-23-46(43-18-10-6-11-19-43)58(48)66-55-32-28-40(3)36-51(55)52-37-41(4)29-33-56(52)66/h5-26,28,30,32,34-37,59H,27,29,31,33H2,1-4H3,(H,62,63,64). The number of nitrogens with zero attached hydrogens (tertiary/aromatic N) is 4. The molecule has 0 bridgehead atoms. The molecule has 3 heterocycles. The molecule has 0 radical (unpaired) electrons. The Morgan fingerprint density at radius 1 is 0.470 bits per heavy atom. The van der Waals surface area contributed by atoms with Gasteiger partial charge in [-0.05, 0) is 106 Å². The van der Waals surface area contributed by atoms with Gasteiger partial charge in [0.05, 0.1) is 22.4 Å². The summed E-state index contributed by atoms with van der Waals surface area (Å²) in [6, 6.07) is 59.5. The first-order chi connectivity index (χ1) is 32.4. The van der Waals surface area contributed by atoms with Gasteiger partial charge in [-0.1, -0.05) is 162 Å². The van der Waals surface area contributed by atoms with E-state index in [1.807, 2.05) is 0 Å². The summed E-state index contributed by atoms with van der Waals surface area (Å²) in [5.41, 5.74) is 22.9. The zero-order valence-electron chi connectivity index (χ0n) is 37.9. The van der Waals surface area contributed by atoms with Crippen molar-refractivity contribution < 1.29 is 0 Å². The molecule has 2 aromatic heterocycles. The van der Waals surface area contributed by atoms with Crippen molar-refractivity contribution in [2.75, 3.05) is 0 Å². The van der Waals surface area contributed by atoms with Crippen LogP contribution < -0.4 is 5.32 Å². The predicted octanol–water partition coefficient (Wildman–Crippen LogP) is 14.7. The first-order valence-corrected chi connectivity index (χ1v) is 23.4. The maximum atomic E-state index is 5.75. The van der Waals surface area contributed by atoms with Crippen LogP contribution in [0.2, 0.25) is 0 Å². The molecule has 66 heavy (non-hydrogen) atoms. The third-order valence-corrected chi connectivity index (χ3v) is 13.9. The summed E-state index contributed by atoms with van der Waals surface area (Å²) in [6.07, 6.45) is 8.36. The molecule has 1 aliphatic heterocycles. The van der Waals surface area contributed by atoms with Crippen LogP contribution in [0.15, 0.2) is 185 Å². The molecule has 9 aromatic rings. The zero-order chi connectivity index (χ0) is 44.5. The first kappa shape index (κ1) is 39.8. The van der Waals surface area contributed by atoms with Crippen molar-refractivity contribution in [3.8, 4) is 33.6 Å². The zero-order valence-corrected chi connectivity index (χ0v) is 37.9. The van der Waals surface area contributed by atoms with Crippen LogP contribution >= 0.6 is 0 Å². The lowest BCUT2D eigenvalue weighted by Gasteiger charge is -2.28. The Kier molecular flexibility index (Phi) is 9.67. The minimum Gasteiger partial charge on any atom is -0.344 e. The quantitative estimate of drug-likeness (QED) is 0.171. The number of aliphatic imine (C=N–C) groups is 2. The SMILES string of the molecule is CC1=Cc2c(n(-c3c(C4=NC(c5ccccc5)NC(c5cccc(-c6ccccc6)c5-n5c6c(c7cc(C)ccc75)C=C(C)CC6)=N4)cccc3-c3ccccc3)c3ccc(C)cc23)CC1. The van der Waals surface area contributed by atoms with Crippen LogP contribution in [-0.4, -0.2) is 20.8 Å². The van der Waals surface area contributed by atoms with Crippen LogP contribution in [0.3, 0.4) is 0 Å². The fraction of sp³-hybridized carbons (Fsp3) is 0.148. The number of amidine groups is 2. The van der Waals surface area contributed by atoms with Crippen molar-refractivity contribution in [3.05, 3.63) is 225 Å². The number of rotatable bonds is 7. The Morgan fingerprint density at radius 2 is 0.939 bits per heavy atom. The van der Waals surface area contributed by atoms with Crippen molar-refractivity contribution in [1.29, 1.82) is 0 Å². The molecule has 2 aliphatic carbocycles. The molecule has 12 rings (SSSR count). The van der Waals surface area contributed by atoms with Gasteiger partial charge in [-0.25, -0.2) is 9.98 Å². The highest BCUT2D eigenvalue weighted by atomic mass is 15.2. The van der Waals surface area contributed by atoms with E-state index in [9.17, 15) is 0 Å². The van der Waals surface area contributed by atoms with Gasteiger partial charge in [0, 0.05) is 55.5 Å². The van der Waals surface area contributed by atoms with Crippen LogP contribution in [0, 0.1) is 13.8 Å². The molecule has 0 amide bonds. The molecule has 0 saturated carbocycles. The van der Waals surface area contributed by atoms with E-state index < -0.39 is 6.17 Å². The summed E-state index contributed by atoms with van der Waals surface area (Å²) >= 11 is 0. The summed E-state index contributed by atoms with van der Waals surface area (Å²) in [6.45, 7) is 8.93. The average Bonchev–Trinajstić information content (AvgIpc) is 3.84. The maximum Gasteiger partial charge on any atom is 0.161 e. The smallest absolute Gasteiger partial charge is 0.161 e. The number of benzene rings is 7. The van der Waals surface area contributed by atoms with E-state index in [0.717, 1.165) is 81.8 Å². The number of aryl methyl sites for hydroxylation is 2. The maximum absolute atomic E-state index is 5.75. The van der Waals surface area contributed by atoms with Gasteiger partial charge in [-0.3, -0.25) is 0 Å². The number of hydrogen-bond donors (Lipinski definition) is 1. The molecule has 1 N–H and O–H groups in total. The second-order valence-corrected chi connectivity index (χ2v) is 18.4. The van der Waals surface area contributed by atoms with Gasteiger partial charge in [-0.15, -0.1) is 0 Å². The van der Waals surface area contributed by atoms with Crippen LogP contribution in [0.5, 0.6) is 0 Å².